The topological polar surface area (TPSA) is 123 Å². The molecule has 0 bridgehead atoms. The van der Waals surface area contributed by atoms with Gasteiger partial charge in [-0.15, -0.1) is 0 Å². The van der Waals surface area contributed by atoms with Crippen molar-refractivity contribution in [2.75, 3.05) is 25.1 Å². The van der Waals surface area contributed by atoms with E-state index in [0.717, 1.165) is 11.0 Å². The van der Waals surface area contributed by atoms with E-state index in [-0.39, 0.29) is 34.5 Å². The lowest BCUT2D eigenvalue weighted by Crippen LogP contribution is -2.38. The quantitative estimate of drug-likeness (QED) is 0.578. The van der Waals surface area contributed by atoms with Crippen molar-refractivity contribution >= 4 is 33.7 Å². The second-order valence-electron chi connectivity index (χ2n) is 6.78. The van der Waals surface area contributed by atoms with Gasteiger partial charge in [0, 0.05) is 19.3 Å². The van der Waals surface area contributed by atoms with Crippen molar-refractivity contribution in [1.82, 2.24) is 24.0 Å². The number of amides is 1. The van der Waals surface area contributed by atoms with Gasteiger partial charge < -0.3 is 10.6 Å². The van der Waals surface area contributed by atoms with E-state index in [9.17, 15) is 14.0 Å². The molecule has 11 heteroatoms. The van der Waals surface area contributed by atoms with Crippen LogP contribution < -0.4 is 11.4 Å². The fourth-order valence-corrected chi connectivity index (χ4v) is 3.75. The number of nitrogens with zero attached hydrogens (tertiary/aromatic N) is 5. The van der Waals surface area contributed by atoms with Crippen molar-refractivity contribution in [3.05, 3.63) is 46.1 Å². The van der Waals surface area contributed by atoms with Gasteiger partial charge in [0.15, 0.2) is 11.5 Å². The largest absolute Gasteiger partial charge is 0.382 e. The van der Waals surface area contributed by atoms with Crippen LogP contribution in [-0.4, -0.2) is 49.4 Å². The van der Waals surface area contributed by atoms with Crippen LogP contribution in [0, 0.1) is 10.6 Å². The van der Waals surface area contributed by atoms with Crippen LogP contribution in [0.1, 0.15) is 25.8 Å². The van der Waals surface area contributed by atoms with Gasteiger partial charge in [0.2, 0.25) is 5.16 Å². The molecule has 3 N–H and O–H groups in total. The molecule has 0 saturated carbocycles. The Bertz CT molecular complexity index is 1170. The van der Waals surface area contributed by atoms with Crippen LogP contribution in [-0.2, 0) is 17.2 Å². The minimum Gasteiger partial charge on any atom is -0.382 e. The predicted octanol–water partition coefficient (Wildman–Crippen LogP) is 2.43. The maximum atomic E-state index is 13.3. The number of hydrogen-bond donors (Lipinski definition) is 2. The smallest absolute Gasteiger partial charge is 0.339 e. The maximum absolute atomic E-state index is 13.3. The molecule has 0 radical (unpaired) electrons. The summed E-state index contributed by atoms with van der Waals surface area (Å²) in [4.78, 5) is 36.3. The molecule has 160 valence electrons. The molecule has 1 unspecified atom stereocenters. The van der Waals surface area contributed by atoms with Gasteiger partial charge in [0.05, 0.1) is 6.54 Å². The molecule has 3 rings (SSSR count). The molecule has 0 fully saturated rings. The van der Waals surface area contributed by atoms with Crippen molar-refractivity contribution < 1.29 is 9.18 Å². The van der Waals surface area contributed by atoms with E-state index in [1.165, 1.54) is 21.6 Å². The molecule has 0 aliphatic rings. The second kappa shape index (κ2) is 8.74. The Balaban J connectivity index is 2.27. The summed E-state index contributed by atoms with van der Waals surface area (Å²) in [5.41, 5.74) is 6.48. The molecule has 0 spiro atoms. The summed E-state index contributed by atoms with van der Waals surface area (Å²) < 4.78 is 23.7. The lowest BCUT2D eigenvalue weighted by molar-refractivity contribution is 0.210. The van der Waals surface area contributed by atoms with Crippen molar-refractivity contribution in [3.8, 4) is 0 Å². The number of imidazole rings is 1. The van der Waals surface area contributed by atoms with Gasteiger partial charge in [0.1, 0.15) is 11.3 Å². The molecule has 0 aliphatic carbocycles. The first-order chi connectivity index (χ1) is 14.3. The minimum absolute atomic E-state index is 0.0265. The Morgan fingerprint density at radius 3 is 2.53 bits per heavy atom. The number of halogens is 1. The van der Waals surface area contributed by atoms with Gasteiger partial charge in [-0.25, -0.2) is 28.5 Å². The van der Waals surface area contributed by atoms with Gasteiger partial charge >= 0.3 is 11.7 Å². The summed E-state index contributed by atoms with van der Waals surface area (Å²) in [5, 5.41) is 0.210. The molecule has 1 atom stereocenters. The third kappa shape index (κ3) is 3.97. The van der Waals surface area contributed by atoms with Crippen LogP contribution in [0.2, 0.25) is 0 Å². The highest BCUT2D eigenvalue weighted by atomic mass is 32.2. The molecular formula is C19H24FN7O2S. The molecular weight excluding hydrogens is 409 g/mol. The first kappa shape index (κ1) is 21.6. The fraction of sp³-hybridized carbons (Fsp3) is 0.368. The number of carbonyl (C=O) groups is 1. The average Bonchev–Trinajstić information content (AvgIpc) is 3.00. The zero-order chi connectivity index (χ0) is 22.0. The van der Waals surface area contributed by atoms with E-state index in [2.05, 4.69) is 9.97 Å². The predicted molar refractivity (Wildman–Crippen MR) is 114 cm³/mol. The summed E-state index contributed by atoms with van der Waals surface area (Å²) in [6.45, 7) is 4.29. The zero-order valence-electron chi connectivity index (χ0n) is 17.1. The number of nitrogens with two attached hydrogens (primary N) is 1. The number of nitrogens with one attached hydrogen (secondary N) is 1. The summed E-state index contributed by atoms with van der Waals surface area (Å²) in [6.07, 6.45) is 0.722. The Morgan fingerprint density at radius 1 is 1.27 bits per heavy atom. The van der Waals surface area contributed by atoms with Crippen LogP contribution in [0.5, 0.6) is 0 Å². The van der Waals surface area contributed by atoms with Gasteiger partial charge in [-0.05, 0) is 34.8 Å². The van der Waals surface area contributed by atoms with Crippen molar-refractivity contribution in [2.24, 2.45) is 0 Å². The first-order valence-corrected chi connectivity index (χ1v) is 10.9. The Labute approximate surface area is 175 Å². The standard InChI is InChI=1S/C19H24FN7O2S/c1-4-10-25(3)18(28)27-14-15(21)23-17(30(22)5-2)24-16(14)26(19(27)29)11-12-6-8-13(20)9-7-12/h6-9,22H,4-5,10-11H2,1-3H3,(H2,21,23,24). The van der Waals surface area contributed by atoms with Gasteiger partial charge in [-0.1, -0.05) is 26.0 Å². The third-order valence-electron chi connectivity index (χ3n) is 4.61. The normalized spacial score (nSPS) is 12.3. The number of nitrogen functional groups attached to an aromatic ring is 1. The van der Waals surface area contributed by atoms with Crippen LogP contribution in [0.15, 0.2) is 34.2 Å². The van der Waals surface area contributed by atoms with E-state index >= 15 is 0 Å². The second-order valence-corrected chi connectivity index (χ2v) is 8.50. The Morgan fingerprint density at radius 2 is 1.93 bits per heavy atom. The average molecular weight is 434 g/mol. The Hall–Kier alpha value is -3.08. The molecule has 0 aliphatic heterocycles. The van der Waals surface area contributed by atoms with Gasteiger partial charge in [-0.2, -0.15) is 0 Å². The van der Waals surface area contributed by atoms with Crippen LogP contribution >= 0.6 is 0 Å². The molecule has 1 amide bonds. The zero-order valence-corrected chi connectivity index (χ0v) is 17.9. The molecule has 30 heavy (non-hydrogen) atoms. The summed E-state index contributed by atoms with van der Waals surface area (Å²) in [7, 11) is 0.596. The van der Waals surface area contributed by atoms with Crippen molar-refractivity contribution in [2.45, 2.75) is 32.0 Å². The number of anilines is 1. The van der Waals surface area contributed by atoms with Crippen LogP contribution in [0.25, 0.3) is 11.2 Å². The number of aromatic nitrogens is 4. The highest BCUT2D eigenvalue weighted by molar-refractivity contribution is 7.85. The van der Waals surface area contributed by atoms with E-state index in [1.54, 1.807) is 19.2 Å². The van der Waals surface area contributed by atoms with E-state index in [0.29, 0.717) is 17.9 Å². The minimum atomic E-state index is -1.01. The summed E-state index contributed by atoms with van der Waals surface area (Å²) in [5.74, 6) is 0.0767. The Kier molecular flexibility index (Phi) is 6.30. The highest BCUT2D eigenvalue weighted by Gasteiger charge is 2.25. The van der Waals surface area contributed by atoms with E-state index in [4.69, 9.17) is 10.5 Å². The van der Waals surface area contributed by atoms with E-state index in [1.807, 2.05) is 13.8 Å². The van der Waals surface area contributed by atoms with Gasteiger partial charge in [0.25, 0.3) is 0 Å². The van der Waals surface area contributed by atoms with E-state index < -0.39 is 22.4 Å². The van der Waals surface area contributed by atoms with Crippen LogP contribution in [0.4, 0.5) is 15.0 Å². The molecule has 1 aromatic carbocycles. The number of carbonyl (C=O) groups excluding carboxylic acids is 1. The monoisotopic (exact) mass is 433 g/mol. The van der Waals surface area contributed by atoms with Crippen LogP contribution in [0.3, 0.4) is 0 Å². The molecule has 2 heterocycles. The van der Waals surface area contributed by atoms with Crippen molar-refractivity contribution in [1.29, 1.82) is 4.78 Å². The molecule has 3 aromatic rings. The van der Waals surface area contributed by atoms with Crippen molar-refractivity contribution in [3.63, 3.8) is 0 Å². The molecule has 2 aromatic heterocycles. The lowest BCUT2D eigenvalue weighted by atomic mass is 10.2. The summed E-state index contributed by atoms with van der Waals surface area (Å²) in [6, 6.07) is 5.18. The number of fused-ring (bicyclic) bond motifs is 1. The molecule has 9 nitrogen and oxygen atoms in total. The number of rotatable bonds is 6. The third-order valence-corrected chi connectivity index (χ3v) is 5.81. The number of hydrogen-bond acceptors (Lipinski definition) is 6. The lowest BCUT2D eigenvalue weighted by Gasteiger charge is -2.16. The SMILES string of the molecule is CCCN(C)C(=O)n1c(=O)n(Cc2ccc(F)cc2)c2nc(S(=N)CC)nc(N)c21. The maximum Gasteiger partial charge on any atom is 0.339 e. The number of benzene rings is 1. The summed E-state index contributed by atoms with van der Waals surface area (Å²) >= 11 is 0. The first-order valence-electron chi connectivity index (χ1n) is 9.49. The highest BCUT2D eigenvalue weighted by Crippen LogP contribution is 2.20. The van der Waals surface area contributed by atoms with Gasteiger partial charge in [-0.3, -0.25) is 9.35 Å². The molecule has 0 saturated heterocycles. The fourth-order valence-electron chi connectivity index (χ4n) is 3.08.